The molecule has 0 amide bonds. The number of hydrogen-bond acceptors (Lipinski definition) is 1. The summed E-state index contributed by atoms with van der Waals surface area (Å²) in [6.07, 6.45) is 5.58. The maximum absolute atomic E-state index is 5.81. The minimum Gasteiger partial charge on any atom is -0.374 e. The second kappa shape index (κ2) is 6.01. The van der Waals surface area contributed by atoms with Crippen molar-refractivity contribution in [2.24, 2.45) is 0 Å². The van der Waals surface area contributed by atoms with Crippen molar-refractivity contribution < 1.29 is 4.74 Å². The van der Waals surface area contributed by atoms with E-state index in [2.05, 4.69) is 39.2 Å². The molecule has 0 heterocycles. The normalized spacial score (nSPS) is 27.3. The zero-order valence-electron chi connectivity index (χ0n) is 10.9. The van der Waals surface area contributed by atoms with Crippen LogP contribution in [-0.4, -0.2) is 30.3 Å². The molecule has 2 atom stereocenters. The van der Waals surface area contributed by atoms with Crippen molar-refractivity contribution in [1.29, 1.82) is 0 Å². The summed E-state index contributed by atoms with van der Waals surface area (Å²) < 4.78 is 5.81. The van der Waals surface area contributed by atoms with Crippen molar-refractivity contribution in [1.82, 2.24) is 0 Å². The lowest BCUT2D eigenvalue weighted by atomic mass is 10.0. The molecule has 0 spiro atoms. The molecule has 0 aliphatic heterocycles. The molecule has 88 valence electrons. The van der Waals surface area contributed by atoms with E-state index >= 15 is 0 Å². The summed E-state index contributed by atoms with van der Waals surface area (Å²) in [4.78, 5) is 0. The van der Waals surface area contributed by atoms with Gasteiger partial charge in [0.25, 0.3) is 0 Å². The summed E-state index contributed by atoms with van der Waals surface area (Å²) in [5.41, 5.74) is 0.983. The van der Waals surface area contributed by atoms with Crippen LogP contribution in [0.1, 0.15) is 19.8 Å². The largest absolute Gasteiger partial charge is 0.374 e. The van der Waals surface area contributed by atoms with E-state index in [4.69, 9.17) is 4.74 Å². The lowest BCUT2D eigenvalue weighted by Gasteiger charge is -2.31. The highest BCUT2D eigenvalue weighted by Gasteiger charge is 2.26. The summed E-state index contributed by atoms with van der Waals surface area (Å²) >= 11 is 0. The van der Waals surface area contributed by atoms with Gasteiger partial charge in [-0.2, -0.15) is 0 Å². The van der Waals surface area contributed by atoms with Crippen LogP contribution in [-0.2, 0) is 4.74 Å². The number of ether oxygens (including phenoxy) is 1. The number of hydrogen-bond donors (Lipinski definition) is 0. The average molecular weight is 243 g/mol. The molecule has 3 heteroatoms. The van der Waals surface area contributed by atoms with Gasteiger partial charge in [-0.3, -0.25) is 0 Å². The molecule has 1 nitrogen and oxygen atoms in total. The molecule has 0 fully saturated rings. The SMILES string of the molecule is CCOC1C=C([SiH](C)C)CC([SiH](C)C)C1. The zero-order chi connectivity index (χ0) is 11.4. The lowest BCUT2D eigenvalue weighted by molar-refractivity contribution is 0.0852. The van der Waals surface area contributed by atoms with Gasteiger partial charge in [-0.15, -0.1) is 0 Å². The van der Waals surface area contributed by atoms with Crippen molar-refractivity contribution in [2.45, 2.75) is 57.6 Å². The van der Waals surface area contributed by atoms with Gasteiger partial charge in [-0.05, 0) is 25.3 Å². The Balaban J connectivity index is 2.70. The van der Waals surface area contributed by atoms with Crippen LogP contribution in [0.3, 0.4) is 0 Å². The molecule has 0 N–H and O–H groups in total. The van der Waals surface area contributed by atoms with Crippen molar-refractivity contribution in [3.8, 4) is 0 Å². The Morgan fingerprint density at radius 3 is 2.47 bits per heavy atom. The van der Waals surface area contributed by atoms with Crippen molar-refractivity contribution >= 4 is 17.6 Å². The predicted molar refractivity (Wildman–Crippen MR) is 74.2 cm³/mol. The van der Waals surface area contributed by atoms with Gasteiger partial charge < -0.3 is 4.74 Å². The summed E-state index contributed by atoms with van der Waals surface area (Å²) in [6.45, 7) is 12.8. The summed E-state index contributed by atoms with van der Waals surface area (Å²) in [5.74, 6) is 0. The molecular weight excluding hydrogens is 216 g/mol. The highest BCUT2D eigenvalue weighted by molar-refractivity contribution is 6.64. The minimum absolute atomic E-state index is 0.438. The van der Waals surface area contributed by atoms with Crippen LogP contribution in [0, 0.1) is 0 Å². The van der Waals surface area contributed by atoms with Crippen LogP contribution in [0.5, 0.6) is 0 Å². The summed E-state index contributed by atoms with van der Waals surface area (Å²) in [7, 11) is -1.09. The van der Waals surface area contributed by atoms with E-state index < -0.39 is 17.6 Å². The Morgan fingerprint density at radius 2 is 2.00 bits per heavy atom. The summed E-state index contributed by atoms with van der Waals surface area (Å²) in [5, 5.41) is 1.77. The van der Waals surface area contributed by atoms with Crippen LogP contribution >= 0.6 is 0 Å². The molecule has 1 aliphatic rings. The van der Waals surface area contributed by atoms with E-state index in [1.54, 1.807) is 5.20 Å². The van der Waals surface area contributed by atoms with Crippen LogP contribution in [0.2, 0.25) is 31.7 Å². The van der Waals surface area contributed by atoms with Gasteiger partial charge in [0, 0.05) is 15.4 Å². The smallest absolute Gasteiger partial charge is 0.0754 e. The predicted octanol–water partition coefficient (Wildman–Crippen LogP) is 2.99. The molecule has 0 aromatic heterocycles. The Labute approximate surface area is 98.1 Å². The minimum atomic E-state index is -0.592. The molecule has 1 rings (SSSR count). The standard InChI is InChI=1S/C12H26OSi2/c1-6-13-10-7-11(14(2)3)9-12(8-10)15(4)5/h7,10,12,14-15H,6,8-9H2,1-5H3. The van der Waals surface area contributed by atoms with E-state index in [0.717, 1.165) is 12.1 Å². The van der Waals surface area contributed by atoms with Crippen molar-refractivity contribution in [3.05, 3.63) is 11.3 Å². The number of allylic oxidation sites excluding steroid dienone is 1. The topological polar surface area (TPSA) is 9.23 Å². The lowest BCUT2D eigenvalue weighted by Crippen LogP contribution is -2.28. The third kappa shape index (κ3) is 3.89. The summed E-state index contributed by atoms with van der Waals surface area (Å²) in [6, 6.07) is 0. The first-order valence-corrected chi connectivity index (χ1v) is 12.2. The third-order valence-electron chi connectivity index (χ3n) is 3.50. The highest BCUT2D eigenvalue weighted by Crippen LogP contribution is 2.33. The van der Waals surface area contributed by atoms with Gasteiger partial charge in [-0.25, -0.2) is 0 Å². The third-order valence-corrected chi connectivity index (χ3v) is 7.80. The Hall–Kier alpha value is 0.134. The Morgan fingerprint density at radius 1 is 1.33 bits per heavy atom. The second-order valence-corrected chi connectivity index (χ2v) is 11.8. The van der Waals surface area contributed by atoms with E-state index in [1.807, 2.05) is 0 Å². The van der Waals surface area contributed by atoms with Crippen molar-refractivity contribution in [2.75, 3.05) is 6.61 Å². The van der Waals surface area contributed by atoms with E-state index in [9.17, 15) is 0 Å². The van der Waals surface area contributed by atoms with Gasteiger partial charge >= 0.3 is 0 Å². The van der Waals surface area contributed by atoms with Gasteiger partial charge in [0.05, 0.1) is 14.9 Å². The molecule has 2 unspecified atom stereocenters. The van der Waals surface area contributed by atoms with Gasteiger partial charge in [0.2, 0.25) is 0 Å². The molecule has 0 bridgehead atoms. The van der Waals surface area contributed by atoms with Crippen LogP contribution in [0.15, 0.2) is 11.3 Å². The molecule has 0 radical (unpaired) electrons. The monoisotopic (exact) mass is 242 g/mol. The van der Waals surface area contributed by atoms with Crippen LogP contribution in [0.4, 0.5) is 0 Å². The van der Waals surface area contributed by atoms with E-state index in [1.165, 1.54) is 12.8 Å². The molecule has 0 aromatic carbocycles. The molecular formula is C12H26OSi2. The first-order chi connectivity index (χ1) is 7.04. The fraction of sp³-hybridized carbons (Fsp3) is 0.833. The van der Waals surface area contributed by atoms with Crippen LogP contribution in [0.25, 0.3) is 0 Å². The Bertz CT molecular complexity index is 224. The van der Waals surface area contributed by atoms with Crippen molar-refractivity contribution in [3.63, 3.8) is 0 Å². The fourth-order valence-corrected chi connectivity index (χ4v) is 5.53. The molecule has 1 aliphatic carbocycles. The fourth-order valence-electron chi connectivity index (χ4n) is 2.33. The Kier molecular flexibility index (Phi) is 5.29. The van der Waals surface area contributed by atoms with E-state index in [-0.39, 0.29) is 0 Å². The first kappa shape index (κ1) is 13.2. The van der Waals surface area contributed by atoms with Gasteiger partial charge in [-0.1, -0.05) is 37.5 Å². The highest BCUT2D eigenvalue weighted by atomic mass is 28.3. The maximum Gasteiger partial charge on any atom is 0.0754 e. The van der Waals surface area contributed by atoms with Gasteiger partial charge in [0.15, 0.2) is 0 Å². The number of rotatable bonds is 4. The van der Waals surface area contributed by atoms with Gasteiger partial charge in [0.1, 0.15) is 0 Å². The first-order valence-electron chi connectivity index (χ1n) is 6.36. The second-order valence-electron chi connectivity index (χ2n) is 5.33. The average Bonchev–Trinajstić information content (AvgIpc) is 2.17. The maximum atomic E-state index is 5.81. The molecule has 0 saturated heterocycles. The molecule has 0 aromatic rings. The molecule has 15 heavy (non-hydrogen) atoms. The quantitative estimate of drug-likeness (QED) is 0.689. The van der Waals surface area contributed by atoms with E-state index in [0.29, 0.717) is 6.10 Å². The molecule has 0 saturated carbocycles. The van der Waals surface area contributed by atoms with Crippen LogP contribution < -0.4 is 0 Å². The zero-order valence-corrected chi connectivity index (χ0v) is 13.2.